The van der Waals surface area contributed by atoms with Crippen molar-refractivity contribution in [3.63, 3.8) is 0 Å². The van der Waals surface area contributed by atoms with Crippen LogP contribution in [-0.4, -0.2) is 52.1 Å². The Kier molecular flexibility index (Phi) is 11.5. The molecule has 0 fully saturated rings. The van der Waals surface area contributed by atoms with Gasteiger partial charge in [0.25, 0.3) is 6.26 Å². The number of nitrogens with one attached hydrogen (secondary N) is 3. The number of amides is 1. The van der Waals surface area contributed by atoms with Crippen LogP contribution in [0.2, 0.25) is 0 Å². The van der Waals surface area contributed by atoms with Crippen molar-refractivity contribution in [2.75, 3.05) is 34.8 Å². The highest BCUT2D eigenvalue weighted by atomic mass is 32.2. The molecule has 2 heterocycles. The van der Waals surface area contributed by atoms with Crippen LogP contribution in [0.25, 0.3) is 0 Å². The van der Waals surface area contributed by atoms with E-state index in [1.54, 1.807) is 0 Å². The Morgan fingerprint density at radius 1 is 0.672 bits per heavy atom. The summed E-state index contributed by atoms with van der Waals surface area (Å²) in [5, 5.41) is 22.0. The van der Waals surface area contributed by atoms with Gasteiger partial charge in [0.05, 0.1) is 10.5 Å². The van der Waals surface area contributed by atoms with E-state index in [4.69, 9.17) is 15.1 Å². The lowest BCUT2D eigenvalue weighted by atomic mass is 9.98. The first-order valence-corrected chi connectivity index (χ1v) is 23.9. The van der Waals surface area contributed by atoms with Crippen molar-refractivity contribution in [1.82, 2.24) is 0 Å². The number of aryl methyl sites for hydroxylation is 4. The first-order chi connectivity index (χ1) is 28.0. The van der Waals surface area contributed by atoms with Crippen molar-refractivity contribution in [2.45, 2.75) is 100 Å². The summed E-state index contributed by atoms with van der Waals surface area (Å²) < 4.78 is 53.4. The van der Waals surface area contributed by atoms with Gasteiger partial charge >= 0.3 is 0 Å². The number of nitrogens with zero attached hydrogens (tertiary/aromatic N) is 1. The molecule has 4 aromatic rings. The Morgan fingerprint density at radius 3 is 1.62 bits per heavy atom. The average molecular weight is 822 g/mol. The monoisotopic (exact) mass is 821 g/mol. The van der Waals surface area contributed by atoms with E-state index >= 15 is 0 Å². The van der Waals surface area contributed by atoms with E-state index in [9.17, 15) is 21.6 Å². The number of sulfone groups is 1. The molecule has 5 N–H and O–H groups in total. The lowest BCUT2D eigenvalue weighted by Gasteiger charge is -2.26. The normalized spacial score (nSPS) is 19.4. The summed E-state index contributed by atoms with van der Waals surface area (Å²) in [6.07, 6.45) is 15.9. The zero-order valence-corrected chi connectivity index (χ0v) is 34.4. The lowest BCUT2D eigenvalue weighted by Crippen LogP contribution is -2.39. The van der Waals surface area contributed by atoms with Crippen molar-refractivity contribution in [1.29, 1.82) is 5.26 Å². The molecule has 13 heteroatoms. The standard InChI is InChI=1S/C23H26N2O3S.C13H13NO.C9H12N2O2S/c26-22(14-29(27,28)18-12-17-5-1-2-10-21(17)24-13-18)25-23-19-8-3-6-15(19)11-16-7-4-9-20(16)23;14-8-15-13-11-5-1-3-9(11)7-10-4-2-6-12(10)13;10-14(12,13)8-5-7-3-1-2-4-9(7)11-6-8/h1-2,5,10-11,18,24H,3-4,6-9,12-14H2,(H,25,26);7H,1-6H2;1-4,8,11H,5-6H2,(H2,10,12,13). The van der Waals surface area contributed by atoms with Crippen LogP contribution >= 0.6 is 0 Å². The van der Waals surface area contributed by atoms with Crippen LogP contribution in [0.15, 0.2) is 60.7 Å². The first-order valence-electron chi connectivity index (χ1n) is 20.5. The molecule has 10 rings (SSSR count). The second kappa shape index (κ2) is 16.8. The molecule has 2 aliphatic heterocycles. The van der Waals surface area contributed by atoms with Gasteiger partial charge in [-0.25, -0.2) is 22.0 Å². The van der Waals surface area contributed by atoms with E-state index in [0.717, 1.165) is 98.1 Å². The maximum Gasteiger partial charge on any atom is 0.292 e. The highest BCUT2D eigenvalue weighted by Gasteiger charge is 2.33. The number of hydrogen-bond acceptors (Lipinski definition) is 9. The van der Waals surface area contributed by atoms with Gasteiger partial charge in [0.1, 0.15) is 11.5 Å². The summed E-state index contributed by atoms with van der Waals surface area (Å²) in [7, 11) is -6.98. The summed E-state index contributed by atoms with van der Waals surface area (Å²) in [6.45, 7) is 0.749. The number of para-hydroxylation sites is 2. The van der Waals surface area contributed by atoms with Crippen LogP contribution in [-0.2, 0) is 88.9 Å². The molecule has 304 valence electrons. The fraction of sp³-hybridized carbons (Fsp3) is 0.422. The van der Waals surface area contributed by atoms with Gasteiger partial charge in [-0.2, -0.15) is 0 Å². The maximum absolute atomic E-state index is 13.0. The number of hydrogen-bond donors (Lipinski definition) is 4. The molecule has 2 unspecified atom stereocenters. The van der Waals surface area contributed by atoms with Gasteiger partial charge in [0, 0.05) is 30.2 Å². The fourth-order valence-electron chi connectivity index (χ4n) is 9.69. The van der Waals surface area contributed by atoms with Crippen LogP contribution in [0.1, 0.15) is 81.3 Å². The molecule has 4 aromatic carbocycles. The third-order valence-electron chi connectivity index (χ3n) is 12.6. The minimum atomic E-state index is -3.55. The topological polar surface area (TPSA) is 180 Å². The van der Waals surface area contributed by atoms with E-state index in [1.807, 2.05) is 54.8 Å². The third kappa shape index (κ3) is 8.46. The number of anilines is 3. The number of nitrogens with two attached hydrogens (primary N) is 1. The second-order valence-electron chi connectivity index (χ2n) is 16.3. The Hall–Kier alpha value is -4.90. The van der Waals surface area contributed by atoms with E-state index in [-0.39, 0.29) is 0 Å². The van der Waals surface area contributed by atoms with Gasteiger partial charge in [-0.05, 0) is 158 Å². The van der Waals surface area contributed by atoms with Gasteiger partial charge in [0.15, 0.2) is 9.84 Å². The van der Waals surface area contributed by atoms with Crippen molar-refractivity contribution in [3.05, 3.63) is 116 Å². The summed E-state index contributed by atoms with van der Waals surface area (Å²) in [6, 6.07) is 20.1. The quantitative estimate of drug-likeness (QED) is 0.173. The minimum absolute atomic E-state index is 0.350. The SMILES string of the molecule is N#COc1c2c(cc3c1CCC3)CCC2.NS(=O)(=O)C1CNc2ccccc2C1.O=C(CS(=O)(=O)C1CNc2ccccc2C1)Nc1c2c(cc3c1CCC3)CCC2. The molecule has 0 radical (unpaired) electrons. The number of ether oxygens (including phenoxy) is 1. The van der Waals surface area contributed by atoms with Crippen molar-refractivity contribution in [3.8, 4) is 12.0 Å². The molecule has 0 aromatic heterocycles. The Bertz CT molecular complexity index is 2450. The number of benzene rings is 4. The summed E-state index contributed by atoms with van der Waals surface area (Å²) in [5.74, 6) is 0.0400. The van der Waals surface area contributed by atoms with E-state index in [2.05, 4.69) is 28.1 Å². The molecule has 11 nitrogen and oxygen atoms in total. The van der Waals surface area contributed by atoms with Crippen molar-refractivity contribution >= 4 is 42.8 Å². The molecular weight excluding hydrogens is 771 g/mol. The predicted octanol–water partition coefficient (Wildman–Crippen LogP) is 5.89. The number of nitriles is 1. The molecule has 58 heavy (non-hydrogen) atoms. The van der Waals surface area contributed by atoms with Gasteiger partial charge in [-0.15, -0.1) is 5.26 Å². The molecular formula is C45H51N5O6S2. The van der Waals surface area contributed by atoms with Gasteiger partial charge in [-0.3, -0.25) is 4.79 Å². The van der Waals surface area contributed by atoms with E-state index in [0.29, 0.717) is 25.9 Å². The number of carbonyl (C=O) groups is 1. The number of carbonyl (C=O) groups excluding carboxylic acids is 1. The maximum atomic E-state index is 13.0. The molecule has 1 amide bonds. The predicted molar refractivity (Wildman–Crippen MR) is 228 cm³/mol. The number of sulfonamides is 1. The third-order valence-corrected chi connectivity index (χ3v) is 15.9. The molecule has 6 aliphatic rings. The van der Waals surface area contributed by atoms with Gasteiger partial charge in [0.2, 0.25) is 15.9 Å². The largest absolute Gasteiger partial charge is 0.387 e. The highest BCUT2D eigenvalue weighted by molar-refractivity contribution is 7.92. The van der Waals surface area contributed by atoms with Crippen LogP contribution in [0.4, 0.5) is 17.1 Å². The highest BCUT2D eigenvalue weighted by Crippen LogP contribution is 2.41. The summed E-state index contributed by atoms with van der Waals surface area (Å²) in [4.78, 5) is 12.8. The minimum Gasteiger partial charge on any atom is -0.387 e. The second-order valence-corrected chi connectivity index (χ2v) is 20.4. The Labute approximate surface area is 341 Å². The summed E-state index contributed by atoms with van der Waals surface area (Å²) in [5.41, 5.74) is 15.5. The van der Waals surface area contributed by atoms with Gasteiger partial charge in [-0.1, -0.05) is 48.5 Å². The van der Waals surface area contributed by atoms with E-state index < -0.39 is 42.0 Å². The molecule has 0 saturated heterocycles. The smallest absolute Gasteiger partial charge is 0.292 e. The zero-order chi connectivity index (χ0) is 40.4. The van der Waals surface area contributed by atoms with Crippen molar-refractivity contribution in [2.24, 2.45) is 5.14 Å². The first kappa shape index (κ1) is 39.9. The Balaban J connectivity index is 0.000000135. The number of fused-ring (bicyclic) bond motifs is 6. The molecule has 4 aliphatic carbocycles. The van der Waals surface area contributed by atoms with E-state index in [1.165, 1.54) is 57.3 Å². The molecule has 0 spiro atoms. The zero-order valence-electron chi connectivity index (χ0n) is 32.7. The van der Waals surface area contributed by atoms with Crippen LogP contribution in [0, 0.1) is 11.5 Å². The number of rotatable bonds is 6. The number of primary sulfonamides is 1. The Morgan fingerprint density at radius 2 is 1.12 bits per heavy atom. The average Bonchev–Trinajstić information content (AvgIpc) is 4.05. The van der Waals surface area contributed by atoms with Crippen molar-refractivity contribution < 1.29 is 26.4 Å². The van der Waals surface area contributed by atoms with Crippen LogP contribution in [0.5, 0.6) is 5.75 Å². The van der Waals surface area contributed by atoms with Crippen LogP contribution < -0.4 is 25.8 Å². The molecule has 2 atom stereocenters. The lowest BCUT2D eigenvalue weighted by molar-refractivity contribution is -0.113. The van der Waals surface area contributed by atoms with Gasteiger partial charge < -0.3 is 20.7 Å². The fourth-order valence-corrected chi connectivity index (χ4v) is 11.9. The van der Waals surface area contributed by atoms with Crippen LogP contribution in [0.3, 0.4) is 0 Å². The summed E-state index contributed by atoms with van der Waals surface area (Å²) >= 11 is 0. The molecule has 0 bridgehead atoms. The molecule has 0 saturated carbocycles.